The van der Waals surface area contributed by atoms with E-state index in [0.29, 0.717) is 16.5 Å². The molecule has 1 N–H and O–H groups in total. The second-order valence-electron chi connectivity index (χ2n) is 5.08. The number of carbonyl (C=O) groups excluding carboxylic acids is 1. The summed E-state index contributed by atoms with van der Waals surface area (Å²) in [4.78, 5) is 18.7. The summed E-state index contributed by atoms with van der Waals surface area (Å²) in [6.07, 6.45) is 0.335. The number of aromatic nitrogens is 1. The van der Waals surface area contributed by atoms with Crippen LogP contribution in [0.25, 0.3) is 10.6 Å². The van der Waals surface area contributed by atoms with Gasteiger partial charge in [-0.25, -0.2) is 4.98 Å². The van der Waals surface area contributed by atoms with Crippen molar-refractivity contribution in [3.05, 3.63) is 39.3 Å². The first-order valence-corrected chi connectivity index (χ1v) is 8.65. The fourth-order valence-corrected chi connectivity index (χ4v) is 3.77. The van der Waals surface area contributed by atoms with Crippen molar-refractivity contribution in [1.29, 1.82) is 0 Å². The fraction of sp³-hybridized carbons (Fsp3) is 0.333. The average molecular weight is 429 g/mol. The normalized spacial score (nSPS) is 13.8. The van der Waals surface area contributed by atoms with Gasteiger partial charge in [-0.05, 0) is 18.2 Å². The number of hydrogen-bond acceptors (Lipinski definition) is 4. The highest BCUT2D eigenvalue weighted by atomic mass is 35.5. The topological polar surface area (TPSA) is 45.2 Å². The standard InChI is InChI=1S/C15H15Cl2N3OS.2ClH/c16-10-1-2-12(13(17)7-10)15-19-11(9-22-15)8-14(21)20-5-3-18-4-6-20;;/h1-2,7,9,18H,3-6,8H2;2*1H. The molecule has 1 aliphatic rings. The third kappa shape index (κ3) is 5.22. The summed E-state index contributed by atoms with van der Waals surface area (Å²) in [6.45, 7) is 3.24. The number of carbonyl (C=O) groups is 1. The van der Waals surface area contributed by atoms with Gasteiger partial charge < -0.3 is 10.2 Å². The molecule has 0 radical (unpaired) electrons. The predicted molar refractivity (Wildman–Crippen MR) is 105 cm³/mol. The lowest BCUT2D eigenvalue weighted by Gasteiger charge is -2.27. The molecule has 0 bridgehead atoms. The molecule has 0 aliphatic carbocycles. The highest BCUT2D eigenvalue weighted by Crippen LogP contribution is 2.32. The molecule has 132 valence electrons. The molecule has 2 heterocycles. The van der Waals surface area contributed by atoms with Gasteiger partial charge in [0.05, 0.1) is 17.1 Å². The minimum Gasteiger partial charge on any atom is -0.340 e. The minimum absolute atomic E-state index is 0. The summed E-state index contributed by atoms with van der Waals surface area (Å²) < 4.78 is 0. The highest BCUT2D eigenvalue weighted by molar-refractivity contribution is 7.13. The second kappa shape index (κ2) is 9.80. The van der Waals surface area contributed by atoms with E-state index in [2.05, 4.69) is 10.3 Å². The number of rotatable bonds is 3. The van der Waals surface area contributed by atoms with Gasteiger partial charge >= 0.3 is 0 Å². The van der Waals surface area contributed by atoms with Crippen LogP contribution in [-0.2, 0) is 11.2 Å². The summed E-state index contributed by atoms with van der Waals surface area (Å²) >= 11 is 13.6. The van der Waals surface area contributed by atoms with Crippen LogP contribution in [-0.4, -0.2) is 42.0 Å². The lowest BCUT2D eigenvalue weighted by molar-refractivity contribution is -0.131. The Morgan fingerprint density at radius 2 is 1.96 bits per heavy atom. The first-order chi connectivity index (χ1) is 10.6. The maximum atomic E-state index is 12.2. The molecule has 0 unspecified atom stereocenters. The molecule has 0 atom stereocenters. The molecular weight excluding hydrogens is 412 g/mol. The number of piperazine rings is 1. The third-order valence-corrected chi connectivity index (χ3v) is 4.99. The van der Waals surface area contributed by atoms with Crippen molar-refractivity contribution in [2.75, 3.05) is 26.2 Å². The molecule has 0 saturated carbocycles. The summed E-state index contributed by atoms with van der Waals surface area (Å²) in [5, 5.41) is 7.13. The summed E-state index contributed by atoms with van der Waals surface area (Å²) in [5.74, 6) is 0.126. The molecule has 1 aliphatic heterocycles. The number of benzene rings is 1. The maximum Gasteiger partial charge on any atom is 0.228 e. The summed E-state index contributed by atoms with van der Waals surface area (Å²) in [6, 6.07) is 5.34. The van der Waals surface area contributed by atoms with E-state index in [1.165, 1.54) is 11.3 Å². The molecule has 1 aromatic heterocycles. The van der Waals surface area contributed by atoms with E-state index in [-0.39, 0.29) is 30.7 Å². The number of nitrogens with zero attached hydrogens (tertiary/aromatic N) is 2. The number of hydrogen-bond donors (Lipinski definition) is 1. The number of amides is 1. The van der Waals surface area contributed by atoms with E-state index in [4.69, 9.17) is 23.2 Å². The fourth-order valence-electron chi connectivity index (χ4n) is 2.36. The zero-order valence-corrected chi connectivity index (χ0v) is 16.6. The largest absolute Gasteiger partial charge is 0.340 e. The molecule has 1 amide bonds. The van der Waals surface area contributed by atoms with Gasteiger partial charge in [0, 0.05) is 42.1 Å². The molecular formula is C15H17Cl4N3OS. The van der Waals surface area contributed by atoms with E-state index in [0.717, 1.165) is 42.4 Å². The van der Waals surface area contributed by atoms with Crippen LogP contribution in [0.1, 0.15) is 5.69 Å². The van der Waals surface area contributed by atoms with Gasteiger partial charge in [0.25, 0.3) is 0 Å². The molecule has 0 spiro atoms. The van der Waals surface area contributed by atoms with Gasteiger partial charge in [0.1, 0.15) is 5.01 Å². The first-order valence-electron chi connectivity index (χ1n) is 7.02. The predicted octanol–water partition coefficient (Wildman–Crippen LogP) is 3.93. The van der Waals surface area contributed by atoms with Gasteiger partial charge in [-0.15, -0.1) is 36.2 Å². The van der Waals surface area contributed by atoms with Crippen LogP contribution in [0.4, 0.5) is 0 Å². The van der Waals surface area contributed by atoms with Crippen molar-refractivity contribution in [1.82, 2.24) is 15.2 Å². The molecule has 24 heavy (non-hydrogen) atoms. The van der Waals surface area contributed by atoms with Gasteiger partial charge in [-0.3, -0.25) is 4.79 Å². The Kier molecular flexibility index (Phi) is 8.77. The van der Waals surface area contributed by atoms with E-state index < -0.39 is 0 Å². The first kappa shape index (κ1) is 21.5. The molecule has 2 aromatic rings. The Balaban J connectivity index is 0.00000144. The Morgan fingerprint density at radius 3 is 2.62 bits per heavy atom. The Labute approximate surface area is 167 Å². The van der Waals surface area contributed by atoms with E-state index in [9.17, 15) is 4.79 Å². The van der Waals surface area contributed by atoms with Gasteiger partial charge in [0.15, 0.2) is 0 Å². The van der Waals surface area contributed by atoms with Crippen LogP contribution in [0.5, 0.6) is 0 Å². The van der Waals surface area contributed by atoms with Crippen molar-refractivity contribution in [3.8, 4) is 10.6 Å². The lowest BCUT2D eigenvalue weighted by Crippen LogP contribution is -2.46. The maximum absolute atomic E-state index is 12.2. The second-order valence-corrected chi connectivity index (χ2v) is 6.78. The summed E-state index contributed by atoms with van der Waals surface area (Å²) in [7, 11) is 0. The number of halogens is 4. The van der Waals surface area contributed by atoms with Crippen LogP contribution < -0.4 is 5.32 Å². The van der Waals surface area contributed by atoms with Crippen molar-refractivity contribution < 1.29 is 4.79 Å². The van der Waals surface area contributed by atoms with Gasteiger partial charge in [-0.1, -0.05) is 23.2 Å². The zero-order valence-electron chi connectivity index (χ0n) is 12.6. The van der Waals surface area contributed by atoms with E-state index in [1.807, 2.05) is 16.3 Å². The quantitative estimate of drug-likeness (QED) is 0.805. The smallest absolute Gasteiger partial charge is 0.228 e. The third-order valence-electron chi connectivity index (χ3n) is 3.52. The molecule has 9 heteroatoms. The number of nitrogens with one attached hydrogen (secondary N) is 1. The molecule has 1 aromatic carbocycles. The zero-order chi connectivity index (χ0) is 15.5. The lowest BCUT2D eigenvalue weighted by atomic mass is 10.2. The summed E-state index contributed by atoms with van der Waals surface area (Å²) in [5.41, 5.74) is 1.63. The Morgan fingerprint density at radius 1 is 1.25 bits per heavy atom. The van der Waals surface area contributed by atoms with Gasteiger partial charge in [-0.2, -0.15) is 0 Å². The van der Waals surface area contributed by atoms with E-state index in [1.54, 1.807) is 12.1 Å². The van der Waals surface area contributed by atoms with Crippen LogP contribution in [0, 0.1) is 0 Å². The average Bonchev–Trinajstić information content (AvgIpc) is 2.96. The van der Waals surface area contributed by atoms with Gasteiger partial charge in [0.2, 0.25) is 5.91 Å². The Hall–Kier alpha value is -0.560. The van der Waals surface area contributed by atoms with Crippen molar-refractivity contribution >= 4 is 65.3 Å². The van der Waals surface area contributed by atoms with Crippen LogP contribution in [0.3, 0.4) is 0 Å². The van der Waals surface area contributed by atoms with E-state index >= 15 is 0 Å². The van der Waals surface area contributed by atoms with Crippen LogP contribution in [0.2, 0.25) is 10.0 Å². The van der Waals surface area contributed by atoms with Crippen LogP contribution in [0.15, 0.2) is 23.6 Å². The Bertz CT molecular complexity index is 689. The molecule has 4 nitrogen and oxygen atoms in total. The molecule has 1 saturated heterocycles. The van der Waals surface area contributed by atoms with Crippen molar-refractivity contribution in [3.63, 3.8) is 0 Å². The highest BCUT2D eigenvalue weighted by Gasteiger charge is 2.18. The monoisotopic (exact) mass is 427 g/mol. The van der Waals surface area contributed by atoms with Crippen molar-refractivity contribution in [2.45, 2.75) is 6.42 Å². The minimum atomic E-state index is 0. The molecule has 1 fully saturated rings. The number of thiazole rings is 1. The van der Waals surface area contributed by atoms with Crippen LogP contribution >= 0.6 is 59.4 Å². The van der Waals surface area contributed by atoms with Crippen molar-refractivity contribution in [2.24, 2.45) is 0 Å². The SMILES string of the molecule is Cl.Cl.O=C(Cc1csc(-c2ccc(Cl)cc2Cl)n1)N1CCNCC1. The molecule has 3 rings (SSSR count).